The molecule has 11 nitrogen and oxygen atoms in total. The number of tetrazole rings is 1. The summed E-state index contributed by atoms with van der Waals surface area (Å²) in [5.41, 5.74) is 1.04. The molecule has 0 aliphatic carbocycles. The highest BCUT2D eigenvalue weighted by molar-refractivity contribution is 5.47. The fourth-order valence-corrected chi connectivity index (χ4v) is 6.15. The minimum atomic E-state index is -4.71. The molecule has 0 unspecified atom stereocenters. The van der Waals surface area contributed by atoms with Crippen LogP contribution in [0.3, 0.4) is 0 Å². The molecular weight excluding hydrogens is 529 g/mol. The van der Waals surface area contributed by atoms with Crippen molar-refractivity contribution in [2.45, 2.75) is 49.5 Å². The van der Waals surface area contributed by atoms with Crippen LogP contribution >= 0.6 is 0 Å². The number of piperidine rings is 1. The standard InChI is InChI=1S/C26H27F3N8O3/c1-39-20-9-8-18(37-23(26(27,28)29)32-34-35-37)12-19(20)17-13-25(40-15-17)10-5-11-36(14-21-30-24(38)33-31-21)22(25)16-6-3-2-4-7-16/h2-4,6-9,12,17,22H,5,10-11,13-15H2,1H3,(H2,30,31,33,38)/t17-,22+,25-/m1/s1. The fraction of sp³-hybridized carbons (Fsp3) is 0.423. The van der Waals surface area contributed by atoms with Crippen LogP contribution in [0, 0.1) is 0 Å². The molecule has 2 aliphatic heterocycles. The highest BCUT2D eigenvalue weighted by atomic mass is 19.4. The maximum Gasteiger partial charge on any atom is 0.453 e. The maximum atomic E-state index is 13.5. The van der Waals surface area contributed by atoms with Gasteiger partial charge in [-0.3, -0.25) is 9.88 Å². The molecule has 40 heavy (non-hydrogen) atoms. The number of benzene rings is 2. The van der Waals surface area contributed by atoms with E-state index < -0.39 is 17.6 Å². The Bertz CT molecular complexity index is 1540. The first-order chi connectivity index (χ1) is 19.3. The van der Waals surface area contributed by atoms with Crippen molar-refractivity contribution < 1.29 is 22.6 Å². The Kier molecular flexibility index (Phi) is 6.66. The first-order valence-electron chi connectivity index (χ1n) is 12.9. The maximum absolute atomic E-state index is 13.5. The lowest BCUT2D eigenvalue weighted by atomic mass is 9.75. The number of aromatic amines is 2. The van der Waals surface area contributed by atoms with Crippen molar-refractivity contribution >= 4 is 0 Å². The Morgan fingerprint density at radius 2 is 2.02 bits per heavy atom. The molecule has 14 heteroatoms. The van der Waals surface area contributed by atoms with Crippen LogP contribution in [0.1, 0.15) is 54.0 Å². The van der Waals surface area contributed by atoms with Gasteiger partial charge in [0, 0.05) is 11.5 Å². The lowest BCUT2D eigenvalue weighted by Crippen LogP contribution is -2.50. The van der Waals surface area contributed by atoms with E-state index in [2.05, 4.69) is 47.7 Å². The van der Waals surface area contributed by atoms with Gasteiger partial charge in [0.1, 0.15) is 11.6 Å². The Morgan fingerprint density at radius 1 is 1.20 bits per heavy atom. The third kappa shape index (κ3) is 4.77. The SMILES string of the molecule is COc1ccc(-n2nnnc2C(F)(F)F)cc1[C@H]1CO[C@]2(CCCN(Cc3n[nH]c(=O)[nH]3)[C@H]2c2ccccc2)C1. The van der Waals surface area contributed by atoms with Crippen LogP contribution < -0.4 is 10.4 Å². The number of halogens is 3. The molecule has 4 aromatic rings. The van der Waals surface area contributed by atoms with E-state index in [-0.39, 0.29) is 23.3 Å². The molecule has 2 aromatic heterocycles. The highest BCUT2D eigenvalue weighted by Gasteiger charge is 2.52. The summed E-state index contributed by atoms with van der Waals surface area (Å²) in [5, 5.41) is 16.5. The van der Waals surface area contributed by atoms with E-state index in [9.17, 15) is 18.0 Å². The van der Waals surface area contributed by atoms with Gasteiger partial charge in [-0.1, -0.05) is 30.3 Å². The van der Waals surface area contributed by atoms with E-state index in [0.29, 0.717) is 35.8 Å². The van der Waals surface area contributed by atoms with E-state index in [1.807, 2.05) is 18.2 Å². The van der Waals surface area contributed by atoms with Gasteiger partial charge in [-0.2, -0.15) is 23.0 Å². The van der Waals surface area contributed by atoms with Gasteiger partial charge >= 0.3 is 11.9 Å². The minimum absolute atomic E-state index is 0.141. The largest absolute Gasteiger partial charge is 0.496 e. The van der Waals surface area contributed by atoms with Crippen molar-refractivity contribution in [1.82, 2.24) is 40.3 Å². The summed E-state index contributed by atoms with van der Waals surface area (Å²) in [7, 11) is 1.53. The Morgan fingerprint density at radius 3 is 2.75 bits per heavy atom. The number of methoxy groups -OCH3 is 1. The van der Waals surface area contributed by atoms with Crippen molar-refractivity contribution in [3.05, 3.63) is 81.8 Å². The first-order valence-corrected chi connectivity index (χ1v) is 12.9. The van der Waals surface area contributed by atoms with Crippen molar-refractivity contribution in [3.8, 4) is 11.4 Å². The molecule has 2 N–H and O–H groups in total. The van der Waals surface area contributed by atoms with Crippen LogP contribution in [0.25, 0.3) is 5.69 Å². The number of likely N-dealkylation sites (tertiary alicyclic amines) is 1. The number of hydrogen-bond donors (Lipinski definition) is 2. The van der Waals surface area contributed by atoms with Crippen LogP contribution in [0.5, 0.6) is 5.75 Å². The molecule has 2 aliphatic rings. The normalized spacial score (nSPS) is 23.6. The summed E-state index contributed by atoms with van der Waals surface area (Å²) in [6, 6.07) is 14.7. The number of aromatic nitrogens is 7. The predicted octanol–water partition coefficient (Wildman–Crippen LogP) is 3.38. The van der Waals surface area contributed by atoms with Crippen LogP contribution in [0.4, 0.5) is 13.2 Å². The zero-order valence-electron chi connectivity index (χ0n) is 21.6. The molecule has 1 spiro atoms. The topological polar surface area (TPSA) is 127 Å². The third-order valence-electron chi connectivity index (χ3n) is 7.71. The van der Waals surface area contributed by atoms with Crippen molar-refractivity contribution in [2.75, 3.05) is 20.3 Å². The second-order valence-electron chi connectivity index (χ2n) is 10.1. The number of alkyl halides is 3. The highest BCUT2D eigenvalue weighted by Crippen LogP contribution is 2.52. The Balaban J connectivity index is 1.36. The van der Waals surface area contributed by atoms with Gasteiger partial charge < -0.3 is 9.47 Å². The third-order valence-corrected chi connectivity index (χ3v) is 7.71. The Hall–Kier alpha value is -4.04. The van der Waals surface area contributed by atoms with E-state index >= 15 is 0 Å². The monoisotopic (exact) mass is 556 g/mol. The molecule has 2 fully saturated rings. The molecule has 6 rings (SSSR count). The lowest BCUT2D eigenvalue weighted by Gasteiger charge is -2.47. The molecule has 2 aromatic carbocycles. The van der Waals surface area contributed by atoms with Crippen LogP contribution in [-0.4, -0.2) is 66.2 Å². The molecule has 3 atom stereocenters. The number of nitrogens with zero attached hydrogens (tertiary/aromatic N) is 6. The van der Waals surface area contributed by atoms with Crippen LogP contribution in [0.15, 0.2) is 53.3 Å². The fourth-order valence-electron chi connectivity index (χ4n) is 6.15. The van der Waals surface area contributed by atoms with Gasteiger partial charge in [0.15, 0.2) is 0 Å². The number of rotatable bonds is 6. The van der Waals surface area contributed by atoms with E-state index in [1.54, 1.807) is 12.1 Å². The van der Waals surface area contributed by atoms with Crippen LogP contribution in [0.2, 0.25) is 0 Å². The zero-order valence-corrected chi connectivity index (χ0v) is 21.6. The molecule has 0 bridgehead atoms. The average Bonchev–Trinajstić information content (AvgIpc) is 3.70. The van der Waals surface area contributed by atoms with E-state index in [4.69, 9.17) is 9.47 Å². The minimum Gasteiger partial charge on any atom is -0.496 e. The zero-order chi connectivity index (χ0) is 27.9. The van der Waals surface area contributed by atoms with Gasteiger partial charge in [-0.15, -0.1) is 5.10 Å². The van der Waals surface area contributed by atoms with E-state index in [0.717, 1.165) is 30.5 Å². The summed E-state index contributed by atoms with van der Waals surface area (Å²) >= 11 is 0. The van der Waals surface area contributed by atoms with Crippen LogP contribution in [-0.2, 0) is 17.5 Å². The number of ether oxygens (including phenoxy) is 2. The van der Waals surface area contributed by atoms with Crippen molar-refractivity contribution in [3.63, 3.8) is 0 Å². The average molecular weight is 557 g/mol. The first kappa shape index (κ1) is 26.2. The number of hydrogen-bond acceptors (Lipinski definition) is 8. The predicted molar refractivity (Wildman–Crippen MR) is 135 cm³/mol. The summed E-state index contributed by atoms with van der Waals surface area (Å²) in [5.74, 6) is -0.272. The second-order valence-corrected chi connectivity index (χ2v) is 10.1. The smallest absolute Gasteiger partial charge is 0.453 e. The molecule has 0 radical (unpaired) electrons. The molecular formula is C26H27F3N8O3. The summed E-state index contributed by atoms with van der Waals surface area (Å²) in [6.45, 7) is 1.56. The van der Waals surface area contributed by atoms with Crippen molar-refractivity contribution in [2.24, 2.45) is 0 Å². The van der Waals surface area contributed by atoms with Crippen molar-refractivity contribution in [1.29, 1.82) is 0 Å². The molecule has 0 amide bonds. The second kappa shape index (κ2) is 10.2. The van der Waals surface area contributed by atoms with Gasteiger partial charge in [0.2, 0.25) is 0 Å². The number of nitrogens with one attached hydrogen (secondary N) is 2. The summed E-state index contributed by atoms with van der Waals surface area (Å²) in [6.07, 6.45) is -2.44. The van der Waals surface area contributed by atoms with E-state index in [1.165, 1.54) is 13.2 Å². The molecule has 4 heterocycles. The molecule has 210 valence electrons. The quantitative estimate of drug-likeness (QED) is 0.370. The molecule has 0 saturated carbocycles. The van der Waals surface area contributed by atoms with Gasteiger partial charge in [0.25, 0.3) is 5.82 Å². The summed E-state index contributed by atoms with van der Waals surface area (Å²) in [4.78, 5) is 16.7. The lowest BCUT2D eigenvalue weighted by molar-refractivity contribution is -0.146. The van der Waals surface area contributed by atoms with Gasteiger partial charge in [-0.05, 0) is 60.0 Å². The van der Waals surface area contributed by atoms with Gasteiger partial charge in [0.05, 0.1) is 37.6 Å². The molecule has 2 saturated heterocycles. The number of H-pyrrole nitrogens is 2. The van der Waals surface area contributed by atoms with Gasteiger partial charge in [-0.25, -0.2) is 9.89 Å². The summed E-state index contributed by atoms with van der Waals surface area (Å²) < 4.78 is 53.5. The Labute approximate surface area is 226 Å².